The van der Waals surface area contributed by atoms with Crippen molar-refractivity contribution in [2.24, 2.45) is 0 Å². The van der Waals surface area contributed by atoms with E-state index in [-0.39, 0.29) is 23.0 Å². The average molecular weight is 299 g/mol. The second-order valence-corrected chi connectivity index (χ2v) is 6.12. The SMILES string of the molecule is Fc1c(OC2CCCC2)ccc(OC2CCCC2)c1Cl. The maximum absolute atomic E-state index is 14.3. The molecule has 1 aromatic rings. The van der Waals surface area contributed by atoms with Crippen molar-refractivity contribution < 1.29 is 13.9 Å². The Morgan fingerprint density at radius 3 is 1.85 bits per heavy atom. The molecule has 2 aliphatic carbocycles. The van der Waals surface area contributed by atoms with Crippen LogP contribution in [0.3, 0.4) is 0 Å². The molecule has 0 heterocycles. The smallest absolute Gasteiger partial charge is 0.187 e. The lowest BCUT2D eigenvalue weighted by Crippen LogP contribution is -2.13. The highest BCUT2D eigenvalue weighted by molar-refractivity contribution is 6.32. The number of hydrogen-bond acceptors (Lipinski definition) is 2. The Bertz CT molecular complexity index is 423. The fourth-order valence-electron chi connectivity index (χ4n) is 3.07. The van der Waals surface area contributed by atoms with Crippen LogP contribution in [0.1, 0.15) is 51.4 Å². The van der Waals surface area contributed by atoms with Crippen molar-refractivity contribution >= 4 is 11.6 Å². The number of rotatable bonds is 4. The van der Waals surface area contributed by atoms with E-state index in [9.17, 15) is 4.39 Å². The van der Waals surface area contributed by atoms with Gasteiger partial charge in [0.15, 0.2) is 11.6 Å². The molecule has 0 unspecified atom stereocenters. The summed E-state index contributed by atoms with van der Waals surface area (Å²) in [6, 6.07) is 3.37. The fourth-order valence-corrected chi connectivity index (χ4v) is 3.27. The molecule has 0 bridgehead atoms. The third-order valence-corrected chi connectivity index (χ3v) is 4.56. The van der Waals surface area contributed by atoms with Gasteiger partial charge < -0.3 is 9.47 Å². The van der Waals surface area contributed by atoms with Crippen molar-refractivity contribution in [3.05, 3.63) is 23.0 Å². The quantitative estimate of drug-likeness (QED) is 0.768. The Kier molecular flexibility index (Phi) is 4.35. The van der Waals surface area contributed by atoms with Gasteiger partial charge in [0.1, 0.15) is 10.8 Å². The van der Waals surface area contributed by atoms with Gasteiger partial charge in [-0.15, -0.1) is 0 Å². The highest BCUT2D eigenvalue weighted by Crippen LogP contribution is 2.37. The molecular formula is C16H20ClFO2. The maximum Gasteiger partial charge on any atom is 0.187 e. The van der Waals surface area contributed by atoms with Crippen molar-refractivity contribution in [2.45, 2.75) is 63.6 Å². The molecule has 3 rings (SSSR count). The van der Waals surface area contributed by atoms with E-state index in [1.165, 1.54) is 12.8 Å². The van der Waals surface area contributed by atoms with Crippen LogP contribution in [0.4, 0.5) is 4.39 Å². The molecule has 0 spiro atoms. The molecule has 2 fully saturated rings. The summed E-state index contributed by atoms with van der Waals surface area (Å²) >= 11 is 6.08. The van der Waals surface area contributed by atoms with Gasteiger partial charge in [0.2, 0.25) is 0 Å². The first kappa shape index (κ1) is 14.0. The lowest BCUT2D eigenvalue weighted by molar-refractivity contribution is 0.195. The molecular weight excluding hydrogens is 279 g/mol. The topological polar surface area (TPSA) is 18.5 Å². The second kappa shape index (κ2) is 6.21. The third kappa shape index (κ3) is 3.03. The molecule has 110 valence electrons. The highest BCUT2D eigenvalue weighted by atomic mass is 35.5. The van der Waals surface area contributed by atoms with Crippen LogP contribution < -0.4 is 9.47 Å². The monoisotopic (exact) mass is 298 g/mol. The molecule has 0 radical (unpaired) electrons. The van der Waals surface area contributed by atoms with Gasteiger partial charge in [0.05, 0.1) is 12.2 Å². The van der Waals surface area contributed by atoms with Crippen molar-refractivity contribution in [3.8, 4) is 11.5 Å². The van der Waals surface area contributed by atoms with Crippen molar-refractivity contribution in [2.75, 3.05) is 0 Å². The minimum absolute atomic E-state index is 0.0485. The molecule has 0 N–H and O–H groups in total. The van der Waals surface area contributed by atoms with Crippen molar-refractivity contribution in [3.63, 3.8) is 0 Å². The Balaban J connectivity index is 1.71. The summed E-state index contributed by atoms with van der Waals surface area (Å²) in [5.41, 5.74) is 0. The first-order valence-corrected chi connectivity index (χ1v) is 7.93. The normalized spacial score (nSPS) is 20.5. The summed E-state index contributed by atoms with van der Waals surface area (Å²) in [7, 11) is 0. The standard InChI is InChI=1S/C16H20ClFO2/c17-15-13(19-11-5-1-2-6-11)9-10-14(16(15)18)20-12-7-3-4-8-12/h9-12H,1-8H2. The van der Waals surface area contributed by atoms with Crippen molar-refractivity contribution in [1.29, 1.82) is 0 Å². The predicted molar refractivity (Wildman–Crippen MR) is 77.2 cm³/mol. The van der Waals surface area contributed by atoms with Gasteiger partial charge in [0, 0.05) is 0 Å². The van der Waals surface area contributed by atoms with Crippen LogP contribution in [0.5, 0.6) is 11.5 Å². The van der Waals surface area contributed by atoms with Gasteiger partial charge in [-0.05, 0) is 63.5 Å². The van der Waals surface area contributed by atoms with Crippen LogP contribution in [-0.2, 0) is 0 Å². The van der Waals surface area contributed by atoms with Crippen LogP contribution in [-0.4, -0.2) is 12.2 Å². The molecule has 2 aliphatic rings. The van der Waals surface area contributed by atoms with Crippen molar-refractivity contribution in [1.82, 2.24) is 0 Å². The summed E-state index contributed by atoms with van der Waals surface area (Å²) < 4.78 is 25.7. The minimum atomic E-state index is -0.492. The Labute approximate surface area is 124 Å². The van der Waals surface area contributed by atoms with E-state index >= 15 is 0 Å². The number of ether oxygens (including phenoxy) is 2. The zero-order valence-corrected chi connectivity index (χ0v) is 12.3. The summed E-state index contributed by atoms with van der Waals surface area (Å²) in [5, 5.41) is 0.0485. The zero-order chi connectivity index (χ0) is 13.9. The lowest BCUT2D eigenvalue weighted by Gasteiger charge is -2.18. The Morgan fingerprint density at radius 1 is 0.850 bits per heavy atom. The zero-order valence-electron chi connectivity index (χ0n) is 11.5. The van der Waals surface area contributed by atoms with E-state index in [1.807, 2.05) is 0 Å². The average Bonchev–Trinajstić information content (AvgIpc) is 3.12. The Hall–Kier alpha value is -0.960. The summed E-state index contributed by atoms with van der Waals surface area (Å²) in [6.45, 7) is 0. The van der Waals surface area contributed by atoms with E-state index in [0.717, 1.165) is 38.5 Å². The van der Waals surface area contributed by atoms with E-state index < -0.39 is 5.82 Å². The largest absolute Gasteiger partial charge is 0.489 e. The van der Waals surface area contributed by atoms with Gasteiger partial charge in [-0.2, -0.15) is 0 Å². The fraction of sp³-hybridized carbons (Fsp3) is 0.625. The molecule has 0 aliphatic heterocycles. The van der Waals surface area contributed by atoms with Crippen LogP contribution in [0.2, 0.25) is 5.02 Å². The molecule has 0 atom stereocenters. The molecule has 2 nitrogen and oxygen atoms in total. The van der Waals surface area contributed by atoms with Crippen LogP contribution in [0, 0.1) is 5.82 Å². The number of halogens is 2. The lowest BCUT2D eigenvalue weighted by atomic mass is 10.2. The summed E-state index contributed by atoms with van der Waals surface area (Å²) in [6.07, 6.45) is 9.01. The number of benzene rings is 1. The number of hydrogen-bond donors (Lipinski definition) is 0. The van der Waals surface area contributed by atoms with Gasteiger partial charge in [0.25, 0.3) is 0 Å². The van der Waals surface area contributed by atoms with Gasteiger partial charge in [-0.25, -0.2) is 4.39 Å². The minimum Gasteiger partial charge on any atom is -0.489 e. The highest BCUT2D eigenvalue weighted by Gasteiger charge is 2.23. The molecule has 4 heteroatoms. The predicted octanol–water partition coefficient (Wildman–Crippen LogP) is 5.12. The molecule has 1 aromatic carbocycles. The Morgan fingerprint density at radius 2 is 1.30 bits per heavy atom. The molecule has 0 amide bonds. The second-order valence-electron chi connectivity index (χ2n) is 5.74. The van der Waals surface area contributed by atoms with E-state index in [2.05, 4.69) is 0 Å². The van der Waals surface area contributed by atoms with Gasteiger partial charge in [-0.1, -0.05) is 11.6 Å². The van der Waals surface area contributed by atoms with Crippen LogP contribution >= 0.6 is 11.6 Å². The van der Waals surface area contributed by atoms with Gasteiger partial charge >= 0.3 is 0 Å². The third-order valence-electron chi connectivity index (χ3n) is 4.20. The van der Waals surface area contributed by atoms with E-state index in [1.54, 1.807) is 12.1 Å². The van der Waals surface area contributed by atoms with Gasteiger partial charge in [-0.3, -0.25) is 0 Å². The summed E-state index contributed by atoms with van der Waals surface area (Å²) in [4.78, 5) is 0. The molecule has 0 saturated heterocycles. The van der Waals surface area contributed by atoms with Crippen LogP contribution in [0.15, 0.2) is 12.1 Å². The first-order valence-electron chi connectivity index (χ1n) is 7.55. The summed E-state index contributed by atoms with van der Waals surface area (Å²) in [5.74, 6) is 0.199. The maximum atomic E-state index is 14.3. The molecule has 2 saturated carbocycles. The molecule has 0 aromatic heterocycles. The van der Waals surface area contributed by atoms with E-state index in [4.69, 9.17) is 21.1 Å². The van der Waals surface area contributed by atoms with Crippen LogP contribution in [0.25, 0.3) is 0 Å². The van der Waals surface area contributed by atoms with E-state index in [0.29, 0.717) is 5.75 Å². The molecule has 20 heavy (non-hydrogen) atoms. The first-order chi connectivity index (χ1) is 9.74.